The number of nitrogens with zero attached hydrogens (tertiary/aromatic N) is 2. The molecule has 0 bridgehead atoms. The molecule has 2 rings (SSSR count). The van der Waals surface area contributed by atoms with Crippen LogP contribution >= 0.6 is 22.9 Å². The van der Waals surface area contributed by atoms with Gasteiger partial charge in [-0.15, -0.1) is 0 Å². The van der Waals surface area contributed by atoms with Crippen molar-refractivity contribution in [2.24, 2.45) is 0 Å². The van der Waals surface area contributed by atoms with Crippen LogP contribution in [0.4, 0.5) is 5.82 Å². The molecule has 20 heavy (non-hydrogen) atoms. The molecular formula is C14H18ClN3OS. The summed E-state index contributed by atoms with van der Waals surface area (Å²) in [5.41, 5.74) is 1.71. The summed E-state index contributed by atoms with van der Waals surface area (Å²) in [4.78, 5) is 8.73. The van der Waals surface area contributed by atoms with Crippen molar-refractivity contribution in [2.75, 3.05) is 11.9 Å². The number of hydrogen-bond acceptors (Lipinski definition) is 5. The van der Waals surface area contributed by atoms with E-state index in [2.05, 4.69) is 15.3 Å². The van der Waals surface area contributed by atoms with Gasteiger partial charge in [0, 0.05) is 18.0 Å². The molecule has 2 heterocycles. The van der Waals surface area contributed by atoms with Crippen molar-refractivity contribution in [3.63, 3.8) is 0 Å². The molecule has 0 aliphatic heterocycles. The van der Waals surface area contributed by atoms with Crippen molar-refractivity contribution < 1.29 is 5.11 Å². The third-order valence-electron chi connectivity index (χ3n) is 3.01. The third kappa shape index (κ3) is 3.48. The Hall–Kier alpha value is -1.17. The van der Waals surface area contributed by atoms with Gasteiger partial charge in [0.15, 0.2) is 0 Å². The van der Waals surface area contributed by atoms with Gasteiger partial charge in [-0.3, -0.25) is 0 Å². The van der Waals surface area contributed by atoms with Crippen LogP contribution in [0.5, 0.6) is 0 Å². The van der Waals surface area contributed by atoms with Crippen LogP contribution in [-0.4, -0.2) is 21.6 Å². The van der Waals surface area contributed by atoms with Gasteiger partial charge in [-0.05, 0) is 29.3 Å². The Morgan fingerprint density at radius 3 is 2.75 bits per heavy atom. The van der Waals surface area contributed by atoms with E-state index in [1.807, 2.05) is 37.6 Å². The molecule has 0 aliphatic carbocycles. The van der Waals surface area contributed by atoms with Crippen LogP contribution in [0.15, 0.2) is 16.8 Å². The Balaban J connectivity index is 2.12. The number of nitrogens with one attached hydrogen (secondary N) is 1. The summed E-state index contributed by atoms with van der Waals surface area (Å²) in [5, 5.41) is 17.6. The lowest BCUT2D eigenvalue weighted by atomic mass is 10.2. The molecule has 0 aromatic carbocycles. The van der Waals surface area contributed by atoms with Gasteiger partial charge >= 0.3 is 0 Å². The number of aliphatic hydroxyl groups excluding tert-OH is 1. The molecule has 0 radical (unpaired) electrons. The molecule has 0 saturated heterocycles. The molecule has 4 nitrogen and oxygen atoms in total. The maximum Gasteiger partial charge on any atom is 0.137 e. The maximum atomic E-state index is 10.1. The summed E-state index contributed by atoms with van der Waals surface area (Å²) in [5.74, 6) is 1.59. The second kappa shape index (κ2) is 6.52. The highest BCUT2D eigenvalue weighted by Gasteiger charge is 2.13. The fraction of sp³-hybridized carbons (Fsp3) is 0.429. The van der Waals surface area contributed by atoms with Crippen LogP contribution in [0, 0.1) is 6.92 Å². The number of hydrogen-bond donors (Lipinski definition) is 2. The highest BCUT2D eigenvalue weighted by atomic mass is 35.5. The van der Waals surface area contributed by atoms with E-state index in [1.165, 1.54) is 0 Å². The number of halogens is 1. The van der Waals surface area contributed by atoms with E-state index in [4.69, 9.17) is 11.6 Å². The molecular weight excluding hydrogens is 294 g/mol. The minimum absolute atomic E-state index is 0.204. The zero-order valence-corrected chi connectivity index (χ0v) is 13.3. The van der Waals surface area contributed by atoms with Gasteiger partial charge in [0.05, 0.1) is 6.10 Å². The minimum Gasteiger partial charge on any atom is -0.387 e. The Labute approximate surface area is 127 Å². The Morgan fingerprint density at radius 2 is 2.15 bits per heavy atom. The standard InChI is InChI=1S/C14H18ClN3OS/c1-8(2)13-17-12(15)9(3)14(18-13)16-6-11(19)10-4-5-20-7-10/h4-5,7-8,11,19H,6H2,1-3H3,(H,16,17,18). The summed E-state index contributed by atoms with van der Waals surface area (Å²) in [6.07, 6.45) is -0.558. The molecule has 1 atom stereocenters. The van der Waals surface area contributed by atoms with Gasteiger partial charge in [0.1, 0.15) is 16.8 Å². The van der Waals surface area contributed by atoms with Crippen molar-refractivity contribution in [2.45, 2.75) is 32.8 Å². The molecule has 2 aromatic rings. The molecule has 2 N–H and O–H groups in total. The number of aliphatic hydroxyl groups is 1. The first-order chi connectivity index (χ1) is 9.49. The van der Waals surface area contributed by atoms with Crippen molar-refractivity contribution in [3.05, 3.63) is 38.9 Å². The average Bonchev–Trinajstić information content (AvgIpc) is 2.93. The van der Waals surface area contributed by atoms with E-state index < -0.39 is 6.10 Å². The molecule has 2 aromatic heterocycles. The Bertz CT molecular complexity index is 572. The van der Waals surface area contributed by atoms with Crippen LogP contribution in [0.3, 0.4) is 0 Å². The Kier molecular flexibility index (Phi) is 4.96. The number of thiophene rings is 1. The van der Waals surface area contributed by atoms with Crippen LogP contribution < -0.4 is 5.32 Å². The average molecular weight is 312 g/mol. The molecule has 1 unspecified atom stereocenters. The molecule has 6 heteroatoms. The van der Waals surface area contributed by atoms with Gasteiger partial charge < -0.3 is 10.4 Å². The second-order valence-corrected chi connectivity index (χ2v) is 6.09. The van der Waals surface area contributed by atoms with Crippen molar-refractivity contribution in [3.8, 4) is 0 Å². The normalized spacial score (nSPS) is 12.7. The van der Waals surface area contributed by atoms with Gasteiger partial charge in [-0.2, -0.15) is 11.3 Å². The summed E-state index contributed by atoms with van der Waals surface area (Å²) in [6, 6.07) is 1.91. The van der Waals surface area contributed by atoms with E-state index in [0.717, 1.165) is 11.1 Å². The predicted molar refractivity (Wildman–Crippen MR) is 83.6 cm³/mol. The van der Waals surface area contributed by atoms with E-state index >= 15 is 0 Å². The quantitative estimate of drug-likeness (QED) is 0.825. The highest BCUT2D eigenvalue weighted by molar-refractivity contribution is 7.07. The molecule has 0 amide bonds. The van der Waals surface area contributed by atoms with E-state index in [1.54, 1.807) is 11.3 Å². The lowest BCUT2D eigenvalue weighted by Gasteiger charge is -2.15. The number of aromatic nitrogens is 2. The number of rotatable bonds is 5. The Morgan fingerprint density at radius 1 is 1.40 bits per heavy atom. The zero-order chi connectivity index (χ0) is 14.7. The lowest BCUT2D eigenvalue weighted by Crippen LogP contribution is -2.15. The number of anilines is 1. The predicted octanol–water partition coefficient (Wildman–Crippen LogP) is 3.77. The largest absolute Gasteiger partial charge is 0.387 e. The summed E-state index contributed by atoms with van der Waals surface area (Å²) >= 11 is 7.69. The summed E-state index contributed by atoms with van der Waals surface area (Å²) in [7, 11) is 0. The smallest absolute Gasteiger partial charge is 0.137 e. The van der Waals surface area contributed by atoms with Crippen molar-refractivity contribution >= 4 is 28.8 Å². The first-order valence-corrected chi connectivity index (χ1v) is 7.79. The van der Waals surface area contributed by atoms with Gasteiger partial charge in [0.25, 0.3) is 0 Å². The van der Waals surface area contributed by atoms with E-state index in [0.29, 0.717) is 23.3 Å². The first kappa shape index (κ1) is 15.2. The fourth-order valence-electron chi connectivity index (χ4n) is 1.71. The van der Waals surface area contributed by atoms with Crippen LogP contribution in [0.2, 0.25) is 5.15 Å². The minimum atomic E-state index is -0.558. The monoisotopic (exact) mass is 311 g/mol. The molecule has 108 valence electrons. The highest BCUT2D eigenvalue weighted by Crippen LogP contribution is 2.24. The van der Waals surface area contributed by atoms with Crippen molar-refractivity contribution in [1.29, 1.82) is 0 Å². The molecule has 0 fully saturated rings. The fourth-order valence-corrected chi connectivity index (χ4v) is 2.59. The first-order valence-electron chi connectivity index (χ1n) is 6.47. The van der Waals surface area contributed by atoms with Crippen LogP contribution in [0.25, 0.3) is 0 Å². The molecule has 0 saturated carbocycles. The van der Waals surface area contributed by atoms with Gasteiger partial charge in [-0.1, -0.05) is 25.4 Å². The summed E-state index contributed by atoms with van der Waals surface area (Å²) in [6.45, 7) is 6.30. The van der Waals surface area contributed by atoms with Crippen LogP contribution in [-0.2, 0) is 0 Å². The molecule has 0 spiro atoms. The van der Waals surface area contributed by atoms with Crippen LogP contribution in [0.1, 0.15) is 42.8 Å². The SMILES string of the molecule is Cc1c(Cl)nc(C(C)C)nc1NCC(O)c1ccsc1. The third-order valence-corrected chi connectivity index (χ3v) is 4.08. The van der Waals surface area contributed by atoms with E-state index in [-0.39, 0.29) is 5.92 Å². The lowest BCUT2D eigenvalue weighted by molar-refractivity contribution is 0.192. The topological polar surface area (TPSA) is 58.0 Å². The summed E-state index contributed by atoms with van der Waals surface area (Å²) < 4.78 is 0. The maximum absolute atomic E-state index is 10.1. The van der Waals surface area contributed by atoms with Crippen molar-refractivity contribution in [1.82, 2.24) is 9.97 Å². The van der Waals surface area contributed by atoms with Gasteiger partial charge in [-0.25, -0.2) is 9.97 Å². The van der Waals surface area contributed by atoms with Gasteiger partial charge in [0.2, 0.25) is 0 Å². The zero-order valence-electron chi connectivity index (χ0n) is 11.7. The van der Waals surface area contributed by atoms with E-state index in [9.17, 15) is 5.11 Å². The second-order valence-electron chi connectivity index (χ2n) is 4.95. The molecule has 0 aliphatic rings.